The fraction of sp³-hybridized carbons (Fsp3) is 0.500. The Kier molecular flexibility index (Phi) is 4.99. The molecule has 0 saturated heterocycles. The molecule has 72 valence electrons. The van der Waals surface area contributed by atoms with Crippen molar-refractivity contribution in [3.05, 3.63) is 29.8 Å². The number of unbranched alkanes of at least 4 members (excludes halogenated alkanes) is 1. The van der Waals surface area contributed by atoms with Crippen molar-refractivity contribution in [2.24, 2.45) is 0 Å². The molecule has 0 amide bonds. The van der Waals surface area contributed by atoms with E-state index in [0.717, 1.165) is 0 Å². The summed E-state index contributed by atoms with van der Waals surface area (Å²) in [5.74, 6) is 1.17. The van der Waals surface area contributed by atoms with Crippen LogP contribution >= 0.6 is 11.8 Å². The third kappa shape index (κ3) is 3.43. The summed E-state index contributed by atoms with van der Waals surface area (Å²) in [5.41, 5.74) is 1.52. The maximum atomic E-state index is 2.26. The first-order valence-corrected chi connectivity index (χ1v) is 6.07. The predicted molar refractivity (Wildman–Crippen MR) is 61.5 cm³/mol. The van der Waals surface area contributed by atoms with E-state index in [1.54, 1.807) is 0 Å². The lowest BCUT2D eigenvalue weighted by Crippen LogP contribution is -1.88. The number of hydrogen-bond donors (Lipinski definition) is 0. The second-order valence-electron chi connectivity index (χ2n) is 3.14. The summed E-state index contributed by atoms with van der Waals surface area (Å²) in [6.07, 6.45) is 3.83. The summed E-state index contributed by atoms with van der Waals surface area (Å²) in [7, 11) is 0. The Morgan fingerprint density at radius 1 is 1.15 bits per heavy atom. The second-order valence-corrected chi connectivity index (χ2v) is 4.45. The molecule has 1 heteroatoms. The molecule has 0 nitrogen and oxygen atoms in total. The van der Waals surface area contributed by atoms with E-state index in [1.807, 2.05) is 11.8 Å². The average Bonchev–Trinajstić information content (AvgIpc) is 2.17. The smallest absolute Gasteiger partial charge is 0.0104 e. The van der Waals surface area contributed by atoms with Crippen molar-refractivity contribution >= 4 is 11.8 Å². The van der Waals surface area contributed by atoms with E-state index in [-0.39, 0.29) is 0 Å². The molecule has 0 saturated carbocycles. The zero-order chi connectivity index (χ0) is 9.52. The van der Waals surface area contributed by atoms with E-state index in [2.05, 4.69) is 38.1 Å². The summed E-state index contributed by atoms with van der Waals surface area (Å²) >= 11 is 1.95. The molecule has 1 aromatic carbocycles. The predicted octanol–water partition coefficient (Wildman–Crippen LogP) is 4.14. The van der Waals surface area contributed by atoms with E-state index in [0.29, 0.717) is 0 Å². The third-order valence-electron chi connectivity index (χ3n) is 2.07. The van der Waals surface area contributed by atoms with Gasteiger partial charge in [-0.1, -0.05) is 38.5 Å². The number of thioether (sulfide) groups is 1. The van der Waals surface area contributed by atoms with Gasteiger partial charge in [-0.3, -0.25) is 0 Å². The molecule has 0 fully saturated rings. The Morgan fingerprint density at radius 3 is 2.62 bits per heavy atom. The fourth-order valence-electron chi connectivity index (χ4n) is 1.37. The normalized spacial score (nSPS) is 10.3. The van der Waals surface area contributed by atoms with Crippen molar-refractivity contribution in [1.82, 2.24) is 0 Å². The Morgan fingerprint density at radius 2 is 1.92 bits per heavy atom. The first-order valence-electron chi connectivity index (χ1n) is 5.09. The van der Waals surface area contributed by atoms with Gasteiger partial charge in [0.2, 0.25) is 0 Å². The van der Waals surface area contributed by atoms with E-state index in [4.69, 9.17) is 0 Å². The molecule has 0 unspecified atom stereocenters. The van der Waals surface area contributed by atoms with Gasteiger partial charge in [0.1, 0.15) is 0 Å². The van der Waals surface area contributed by atoms with Gasteiger partial charge in [-0.2, -0.15) is 0 Å². The monoisotopic (exact) mass is 194 g/mol. The van der Waals surface area contributed by atoms with Crippen LogP contribution in [0.3, 0.4) is 0 Å². The first-order chi connectivity index (χ1) is 6.38. The van der Waals surface area contributed by atoms with Crippen LogP contribution in [0.1, 0.15) is 32.3 Å². The van der Waals surface area contributed by atoms with Gasteiger partial charge in [0.15, 0.2) is 0 Å². The summed E-state index contributed by atoms with van der Waals surface area (Å²) in [6, 6.07) is 8.77. The van der Waals surface area contributed by atoms with Crippen LogP contribution in [-0.4, -0.2) is 5.75 Å². The summed E-state index contributed by atoms with van der Waals surface area (Å²) < 4.78 is 0. The Bertz CT molecular complexity index is 243. The zero-order valence-electron chi connectivity index (χ0n) is 8.55. The molecule has 0 N–H and O–H groups in total. The van der Waals surface area contributed by atoms with E-state index >= 15 is 0 Å². The van der Waals surface area contributed by atoms with E-state index in [9.17, 15) is 0 Å². The quantitative estimate of drug-likeness (QED) is 0.635. The standard InChI is InChI=1S/C12H18S/c1-3-5-8-11-9-6-7-10-12(11)13-4-2/h6-7,9-10H,3-5,8H2,1-2H3. The highest BCUT2D eigenvalue weighted by Gasteiger charge is 1.99. The van der Waals surface area contributed by atoms with Crippen molar-refractivity contribution in [2.75, 3.05) is 5.75 Å². The number of hydrogen-bond acceptors (Lipinski definition) is 1. The molecule has 0 aliphatic rings. The SMILES string of the molecule is CCCCc1ccccc1SCC. The molecule has 0 aliphatic heterocycles. The van der Waals surface area contributed by atoms with Crippen LogP contribution in [0.2, 0.25) is 0 Å². The number of rotatable bonds is 5. The lowest BCUT2D eigenvalue weighted by atomic mass is 10.1. The van der Waals surface area contributed by atoms with E-state index in [1.165, 1.54) is 35.5 Å². The Balaban J connectivity index is 2.66. The molecule has 0 spiro atoms. The molecule has 1 aromatic rings. The van der Waals surface area contributed by atoms with Crippen LogP contribution in [-0.2, 0) is 6.42 Å². The largest absolute Gasteiger partial charge is 0.126 e. The van der Waals surface area contributed by atoms with Crippen molar-refractivity contribution in [3.63, 3.8) is 0 Å². The van der Waals surface area contributed by atoms with Gasteiger partial charge < -0.3 is 0 Å². The van der Waals surface area contributed by atoms with Crippen LogP contribution in [0.4, 0.5) is 0 Å². The van der Waals surface area contributed by atoms with E-state index < -0.39 is 0 Å². The van der Waals surface area contributed by atoms with Crippen LogP contribution in [0.25, 0.3) is 0 Å². The van der Waals surface area contributed by atoms with Crippen molar-refractivity contribution in [2.45, 2.75) is 38.0 Å². The molecule has 0 aromatic heterocycles. The number of benzene rings is 1. The Hall–Kier alpha value is -0.430. The second kappa shape index (κ2) is 6.09. The maximum Gasteiger partial charge on any atom is 0.0104 e. The minimum Gasteiger partial charge on any atom is -0.126 e. The number of aryl methyl sites for hydroxylation is 1. The topological polar surface area (TPSA) is 0 Å². The average molecular weight is 194 g/mol. The van der Waals surface area contributed by atoms with Crippen LogP contribution in [0.15, 0.2) is 29.2 Å². The molecule has 0 aliphatic carbocycles. The molecule has 1 rings (SSSR count). The maximum absolute atomic E-state index is 2.26. The summed E-state index contributed by atoms with van der Waals surface area (Å²) in [5, 5.41) is 0. The molecule has 0 bridgehead atoms. The molecule has 0 atom stereocenters. The van der Waals surface area contributed by atoms with Crippen LogP contribution < -0.4 is 0 Å². The van der Waals surface area contributed by atoms with Gasteiger partial charge in [0.25, 0.3) is 0 Å². The minimum absolute atomic E-state index is 1.17. The van der Waals surface area contributed by atoms with Crippen LogP contribution in [0.5, 0.6) is 0 Å². The van der Waals surface area contributed by atoms with Crippen LogP contribution in [0, 0.1) is 0 Å². The summed E-state index contributed by atoms with van der Waals surface area (Å²) in [6.45, 7) is 4.46. The van der Waals surface area contributed by atoms with Crippen molar-refractivity contribution in [3.8, 4) is 0 Å². The van der Waals surface area contributed by atoms with Gasteiger partial charge in [-0.15, -0.1) is 11.8 Å². The fourth-order valence-corrected chi connectivity index (χ4v) is 2.22. The van der Waals surface area contributed by atoms with Crippen molar-refractivity contribution in [1.29, 1.82) is 0 Å². The molecule has 0 radical (unpaired) electrons. The summed E-state index contributed by atoms with van der Waals surface area (Å²) in [4.78, 5) is 1.47. The highest BCUT2D eigenvalue weighted by molar-refractivity contribution is 7.99. The lowest BCUT2D eigenvalue weighted by Gasteiger charge is -2.06. The van der Waals surface area contributed by atoms with Crippen molar-refractivity contribution < 1.29 is 0 Å². The van der Waals surface area contributed by atoms with Gasteiger partial charge in [-0.25, -0.2) is 0 Å². The zero-order valence-corrected chi connectivity index (χ0v) is 9.36. The molecular weight excluding hydrogens is 176 g/mol. The lowest BCUT2D eigenvalue weighted by molar-refractivity contribution is 0.785. The highest BCUT2D eigenvalue weighted by atomic mass is 32.2. The molecule has 0 heterocycles. The van der Waals surface area contributed by atoms with Gasteiger partial charge >= 0.3 is 0 Å². The first kappa shape index (κ1) is 10.6. The van der Waals surface area contributed by atoms with Gasteiger partial charge in [-0.05, 0) is 30.2 Å². The molecule has 13 heavy (non-hydrogen) atoms. The van der Waals surface area contributed by atoms with Gasteiger partial charge in [0.05, 0.1) is 0 Å². The highest BCUT2D eigenvalue weighted by Crippen LogP contribution is 2.23. The molecular formula is C12H18S. The minimum atomic E-state index is 1.17. The third-order valence-corrected chi connectivity index (χ3v) is 3.07. The Labute approximate surface area is 85.7 Å². The van der Waals surface area contributed by atoms with Gasteiger partial charge in [0, 0.05) is 4.90 Å².